The van der Waals surface area contributed by atoms with Crippen LogP contribution in [0.1, 0.15) is 31.7 Å². The summed E-state index contributed by atoms with van der Waals surface area (Å²) < 4.78 is 0. The number of rotatable bonds is 6. The van der Waals surface area contributed by atoms with Gasteiger partial charge in [0.25, 0.3) is 0 Å². The smallest absolute Gasteiger partial charge is 0.220 e. The highest BCUT2D eigenvalue weighted by Gasteiger charge is 2.02. The maximum absolute atomic E-state index is 11.5. The first kappa shape index (κ1) is 13.7. The van der Waals surface area contributed by atoms with Crippen LogP contribution in [0.3, 0.4) is 0 Å². The van der Waals surface area contributed by atoms with Crippen molar-refractivity contribution in [2.75, 3.05) is 0 Å². The molecule has 1 aromatic heterocycles. The summed E-state index contributed by atoms with van der Waals surface area (Å²) in [5.41, 5.74) is 2.24. The van der Waals surface area contributed by atoms with E-state index >= 15 is 0 Å². The van der Waals surface area contributed by atoms with E-state index < -0.39 is 0 Å². The molecule has 0 bridgehead atoms. The molecule has 4 heteroatoms. The van der Waals surface area contributed by atoms with Gasteiger partial charge in [-0.2, -0.15) is 0 Å². The van der Waals surface area contributed by atoms with Gasteiger partial charge in [0.2, 0.25) is 5.91 Å². The van der Waals surface area contributed by atoms with Crippen molar-refractivity contribution >= 4 is 17.2 Å². The summed E-state index contributed by atoms with van der Waals surface area (Å²) in [5.74, 6) is 0.130. The Balaban J connectivity index is 1.87. The minimum absolute atomic E-state index is 0.130. The van der Waals surface area contributed by atoms with Crippen LogP contribution in [-0.2, 0) is 11.3 Å². The lowest BCUT2D eigenvalue weighted by Crippen LogP contribution is -2.22. The summed E-state index contributed by atoms with van der Waals surface area (Å²) in [6.07, 6.45) is 4.43. The number of hydrogen-bond acceptors (Lipinski definition) is 3. The van der Waals surface area contributed by atoms with Crippen molar-refractivity contribution in [2.24, 2.45) is 0 Å². The predicted octanol–water partition coefficient (Wildman–Crippen LogP) is 3.62. The van der Waals surface area contributed by atoms with E-state index in [9.17, 15) is 4.79 Å². The first-order valence-electron chi connectivity index (χ1n) is 6.55. The van der Waals surface area contributed by atoms with Gasteiger partial charge in [0.05, 0.1) is 0 Å². The van der Waals surface area contributed by atoms with Gasteiger partial charge in [-0.05, 0) is 12.0 Å². The Kier molecular flexibility index (Phi) is 5.10. The molecule has 1 heterocycles. The molecular formula is C15H18N2OS. The van der Waals surface area contributed by atoms with E-state index in [1.165, 1.54) is 0 Å². The number of unbranched alkanes of at least 4 members (excludes halogenated alkanes) is 1. The van der Waals surface area contributed by atoms with Gasteiger partial charge in [0, 0.05) is 30.1 Å². The molecule has 0 saturated carbocycles. The van der Waals surface area contributed by atoms with Gasteiger partial charge in [-0.15, -0.1) is 11.3 Å². The average Bonchev–Trinajstić information content (AvgIpc) is 2.97. The lowest BCUT2D eigenvalue weighted by Gasteiger charge is -2.05. The second kappa shape index (κ2) is 7.04. The van der Waals surface area contributed by atoms with E-state index in [-0.39, 0.29) is 5.91 Å². The Labute approximate surface area is 117 Å². The summed E-state index contributed by atoms with van der Waals surface area (Å²) in [5, 5.41) is 5.93. The molecule has 3 nitrogen and oxygen atoms in total. The van der Waals surface area contributed by atoms with Gasteiger partial charge < -0.3 is 5.32 Å². The molecule has 1 amide bonds. The van der Waals surface area contributed by atoms with Crippen LogP contribution in [0.15, 0.2) is 35.8 Å². The minimum atomic E-state index is 0.130. The molecule has 2 rings (SSSR count). The molecule has 0 aliphatic carbocycles. The van der Waals surface area contributed by atoms with Crippen LogP contribution >= 0.6 is 11.3 Å². The first-order valence-corrected chi connectivity index (χ1v) is 7.43. The van der Waals surface area contributed by atoms with Crippen molar-refractivity contribution in [1.29, 1.82) is 0 Å². The van der Waals surface area contributed by atoms with Crippen molar-refractivity contribution in [1.82, 2.24) is 10.3 Å². The Bertz CT molecular complexity index is 505. The largest absolute Gasteiger partial charge is 0.352 e. The summed E-state index contributed by atoms with van der Waals surface area (Å²) >= 11 is 1.63. The van der Waals surface area contributed by atoms with Crippen LogP contribution in [0, 0.1) is 0 Å². The van der Waals surface area contributed by atoms with E-state index in [1.54, 1.807) is 11.3 Å². The Morgan fingerprint density at radius 3 is 2.74 bits per heavy atom. The number of amides is 1. The molecule has 0 saturated heterocycles. The molecule has 0 spiro atoms. The Morgan fingerprint density at radius 2 is 2.11 bits per heavy atom. The third-order valence-corrected chi connectivity index (χ3v) is 3.70. The lowest BCUT2D eigenvalue weighted by molar-refractivity contribution is -0.121. The maximum atomic E-state index is 11.5. The monoisotopic (exact) mass is 274 g/mol. The van der Waals surface area contributed by atoms with Gasteiger partial charge in [-0.25, -0.2) is 4.98 Å². The summed E-state index contributed by atoms with van der Waals surface area (Å²) in [6, 6.07) is 8.17. The third kappa shape index (κ3) is 4.17. The molecule has 0 unspecified atom stereocenters. The molecule has 100 valence electrons. The first-order chi connectivity index (χ1) is 9.29. The fourth-order valence-corrected chi connectivity index (χ4v) is 2.40. The van der Waals surface area contributed by atoms with Crippen LogP contribution in [0.4, 0.5) is 0 Å². The summed E-state index contributed by atoms with van der Waals surface area (Å²) in [4.78, 5) is 15.8. The zero-order valence-corrected chi connectivity index (χ0v) is 11.9. The quantitative estimate of drug-likeness (QED) is 0.874. The number of carbonyl (C=O) groups is 1. The number of nitrogens with one attached hydrogen (secondary N) is 1. The third-order valence-electron chi connectivity index (χ3n) is 2.88. The van der Waals surface area contributed by atoms with Crippen LogP contribution in [0.25, 0.3) is 10.6 Å². The molecule has 0 fully saturated rings. The van der Waals surface area contributed by atoms with E-state index in [0.29, 0.717) is 13.0 Å². The van der Waals surface area contributed by atoms with E-state index in [1.807, 2.05) is 35.8 Å². The van der Waals surface area contributed by atoms with Crippen molar-refractivity contribution in [3.8, 4) is 10.6 Å². The number of aromatic nitrogens is 1. The van der Waals surface area contributed by atoms with Gasteiger partial charge >= 0.3 is 0 Å². The van der Waals surface area contributed by atoms with Crippen LogP contribution in [0.2, 0.25) is 0 Å². The van der Waals surface area contributed by atoms with Crippen molar-refractivity contribution in [2.45, 2.75) is 32.7 Å². The molecular weight excluding hydrogens is 256 g/mol. The molecule has 0 radical (unpaired) electrons. The zero-order chi connectivity index (χ0) is 13.5. The molecule has 19 heavy (non-hydrogen) atoms. The standard InChI is InChI=1S/C15H18N2OS/c1-2-3-4-14(18)17-11-12-5-7-13(8-6-12)15-16-9-10-19-15/h5-10H,2-4,11H2,1H3,(H,17,18). The number of nitrogens with zero attached hydrogens (tertiary/aromatic N) is 1. The fraction of sp³-hybridized carbons (Fsp3) is 0.333. The van der Waals surface area contributed by atoms with E-state index in [2.05, 4.69) is 17.2 Å². The van der Waals surface area contributed by atoms with Gasteiger partial charge in [-0.3, -0.25) is 4.79 Å². The molecule has 0 aliphatic rings. The van der Waals surface area contributed by atoms with E-state index in [0.717, 1.165) is 29.0 Å². The number of hydrogen-bond donors (Lipinski definition) is 1. The van der Waals surface area contributed by atoms with Gasteiger partial charge in [0.1, 0.15) is 5.01 Å². The number of carbonyl (C=O) groups excluding carboxylic acids is 1. The second-order valence-electron chi connectivity index (χ2n) is 4.41. The van der Waals surface area contributed by atoms with Crippen molar-refractivity contribution in [3.63, 3.8) is 0 Å². The van der Waals surface area contributed by atoms with Crippen LogP contribution in [-0.4, -0.2) is 10.9 Å². The summed E-state index contributed by atoms with van der Waals surface area (Å²) in [7, 11) is 0. The minimum Gasteiger partial charge on any atom is -0.352 e. The second-order valence-corrected chi connectivity index (χ2v) is 5.31. The van der Waals surface area contributed by atoms with Crippen LogP contribution < -0.4 is 5.32 Å². The van der Waals surface area contributed by atoms with Crippen molar-refractivity contribution < 1.29 is 4.79 Å². The Morgan fingerprint density at radius 1 is 1.32 bits per heavy atom. The average molecular weight is 274 g/mol. The lowest BCUT2D eigenvalue weighted by atomic mass is 10.1. The highest BCUT2D eigenvalue weighted by molar-refractivity contribution is 7.13. The van der Waals surface area contributed by atoms with Crippen LogP contribution in [0.5, 0.6) is 0 Å². The molecule has 0 atom stereocenters. The molecule has 1 aromatic carbocycles. The van der Waals surface area contributed by atoms with Gasteiger partial charge in [-0.1, -0.05) is 37.6 Å². The zero-order valence-electron chi connectivity index (χ0n) is 11.1. The predicted molar refractivity (Wildman–Crippen MR) is 78.9 cm³/mol. The molecule has 1 N–H and O–H groups in total. The highest BCUT2D eigenvalue weighted by Crippen LogP contribution is 2.21. The molecule has 2 aromatic rings. The fourth-order valence-electron chi connectivity index (χ4n) is 1.76. The van der Waals surface area contributed by atoms with Crippen molar-refractivity contribution in [3.05, 3.63) is 41.4 Å². The summed E-state index contributed by atoms with van der Waals surface area (Å²) in [6.45, 7) is 2.69. The van der Waals surface area contributed by atoms with E-state index in [4.69, 9.17) is 0 Å². The molecule has 0 aliphatic heterocycles. The normalized spacial score (nSPS) is 10.4. The highest BCUT2D eigenvalue weighted by atomic mass is 32.1. The maximum Gasteiger partial charge on any atom is 0.220 e. The topological polar surface area (TPSA) is 42.0 Å². The SMILES string of the molecule is CCCCC(=O)NCc1ccc(-c2nccs2)cc1. The van der Waals surface area contributed by atoms with Gasteiger partial charge in [0.15, 0.2) is 0 Å². The Hall–Kier alpha value is -1.68. The number of thiazole rings is 1. The number of benzene rings is 1.